The number of rotatable bonds is 6. The third-order valence-electron chi connectivity index (χ3n) is 11.0. The van der Waals surface area contributed by atoms with Crippen LogP contribution in [-0.2, 0) is 11.2 Å². The number of amides is 1. The number of hydrogen-bond acceptors (Lipinski definition) is 13. The monoisotopic (exact) mass is 789 g/mol. The topological polar surface area (TPSA) is 175 Å². The van der Waals surface area contributed by atoms with Gasteiger partial charge in [0.2, 0.25) is 0 Å². The van der Waals surface area contributed by atoms with Crippen molar-refractivity contribution in [2.24, 2.45) is 0 Å². The Bertz CT molecular complexity index is 2500. The number of benzene rings is 2. The summed E-state index contributed by atoms with van der Waals surface area (Å²) in [6.45, 7) is 2.48. The van der Waals surface area contributed by atoms with Gasteiger partial charge in [-0.1, -0.05) is 17.7 Å². The largest absolute Gasteiger partial charge is 0.461 e. The van der Waals surface area contributed by atoms with Gasteiger partial charge in [0.15, 0.2) is 11.6 Å². The van der Waals surface area contributed by atoms with Crippen molar-refractivity contribution in [3.63, 3.8) is 0 Å². The highest BCUT2D eigenvalue weighted by Gasteiger charge is 2.51. The summed E-state index contributed by atoms with van der Waals surface area (Å²) in [6, 6.07) is 7.51. The lowest BCUT2D eigenvalue weighted by Crippen LogP contribution is -2.71. The Hall–Kier alpha value is -5.27. The minimum absolute atomic E-state index is 0.0126. The van der Waals surface area contributed by atoms with E-state index in [1.807, 2.05) is 17.0 Å². The molecule has 2 atom stereocenters. The zero-order valence-corrected chi connectivity index (χ0v) is 30.6. The maximum absolute atomic E-state index is 17.2. The Kier molecular flexibility index (Phi) is 8.50. The number of fused-ring (bicyclic) bond motifs is 3. The lowest BCUT2D eigenvalue weighted by Gasteiger charge is -2.53. The molecule has 2 N–H and O–H groups in total. The molecular formula is C36H31ClF3N11O3S. The highest BCUT2D eigenvalue weighted by atomic mass is 35.5. The highest BCUT2D eigenvalue weighted by molar-refractivity contribution is 7.23. The molecule has 0 unspecified atom stereocenters. The molecule has 19 heteroatoms. The molecule has 1 amide bonds. The first-order chi connectivity index (χ1) is 26.5. The first-order valence-electron chi connectivity index (χ1n) is 17.6. The van der Waals surface area contributed by atoms with Gasteiger partial charge in [0.25, 0.3) is 0 Å². The molecular weight excluding hydrogens is 759 g/mol. The zero-order chi connectivity index (χ0) is 38.2. The van der Waals surface area contributed by atoms with E-state index in [0.717, 1.165) is 35.4 Å². The number of halogens is 4. The number of nitrogen functional groups attached to an aromatic ring is 1. The maximum atomic E-state index is 17.2. The second kappa shape index (κ2) is 13.2. The molecule has 0 saturated carbocycles. The average molecular weight is 790 g/mol. The quantitative estimate of drug-likeness (QED) is 0.242. The van der Waals surface area contributed by atoms with Gasteiger partial charge in [-0.3, -0.25) is 4.90 Å². The van der Waals surface area contributed by atoms with Gasteiger partial charge < -0.3 is 25.0 Å². The summed E-state index contributed by atoms with van der Waals surface area (Å²) < 4.78 is 60.5. The summed E-state index contributed by atoms with van der Waals surface area (Å²) in [6.07, 6.45) is 2.20. The molecule has 4 aliphatic heterocycles. The fraction of sp³-hybridized carbons (Fsp3) is 0.417. The standard InChI is InChI=1S/C36H31ClF3N11O3S/c37-23-10-21-29(28(40)27(23)20-2-3-24(39)30-26(20)22(12-42)31(43)55-30)45-33(53-17-35-5-1-7-50(35)13-19(38)11-35)46-32(21)48-8-9-54-36(14-48)15-49(16-36)34(52)51-18-44-25(47-51)4-6-41/h2-3,10,18-19H,1,4-5,7-9,11,13-17,43H2/t19-,35+/m1/s1. The van der Waals surface area contributed by atoms with Gasteiger partial charge in [-0.15, -0.1) is 16.4 Å². The van der Waals surface area contributed by atoms with Crippen LogP contribution >= 0.6 is 22.9 Å². The van der Waals surface area contributed by atoms with E-state index in [2.05, 4.69) is 20.0 Å². The van der Waals surface area contributed by atoms with Crippen molar-refractivity contribution in [2.45, 2.75) is 43.0 Å². The van der Waals surface area contributed by atoms with E-state index in [0.29, 0.717) is 25.3 Å². The first-order valence-corrected chi connectivity index (χ1v) is 18.8. The van der Waals surface area contributed by atoms with Gasteiger partial charge in [-0.25, -0.2) is 22.9 Å². The van der Waals surface area contributed by atoms with Crippen molar-refractivity contribution in [1.82, 2.24) is 34.5 Å². The lowest BCUT2D eigenvalue weighted by atomic mass is 9.92. The Labute approximate surface area is 320 Å². The molecule has 2 aromatic carbocycles. The van der Waals surface area contributed by atoms with E-state index in [1.54, 1.807) is 4.90 Å². The number of aromatic nitrogens is 5. The molecule has 7 heterocycles. The van der Waals surface area contributed by atoms with Gasteiger partial charge in [0.05, 0.1) is 59.6 Å². The van der Waals surface area contributed by atoms with E-state index in [9.17, 15) is 18.8 Å². The van der Waals surface area contributed by atoms with Gasteiger partial charge in [0.1, 0.15) is 52.9 Å². The molecule has 4 saturated heterocycles. The van der Waals surface area contributed by atoms with Crippen molar-refractivity contribution >= 4 is 60.8 Å². The molecule has 0 bridgehead atoms. The molecule has 4 aliphatic rings. The number of ether oxygens (including phenoxy) is 2. The SMILES string of the molecule is N#CCc1ncn(C(=O)N2CC3(C2)CN(c2nc(OC[C@@]45CCCN4C[C@H](F)C5)nc4c(F)c(-c5ccc(F)c6sc(N)c(C#N)c56)c(Cl)cc24)CCO3)n1. The Balaban J connectivity index is 1.10. The number of alkyl halides is 1. The molecule has 3 aromatic heterocycles. The van der Waals surface area contributed by atoms with Gasteiger partial charge in [-0.05, 0) is 37.1 Å². The fourth-order valence-corrected chi connectivity index (χ4v) is 9.80. The summed E-state index contributed by atoms with van der Waals surface area (Å²) >= 11 is 7.78. The van der Waals surface area contributed by atoms with Crippen molar-refractivity contribution in [3.05, 3.63) is 52.6 Å². The number of carbonyl (C=O) groups is 1. The highest BCUT2D eigenvalue weighted by Crippen LogP contribution is 2.46. The van der Waals surface area contributed by atoms with E-state index in [4.69, 9.17) is 37.1 Å². The maximum Gasteiger partial charge on any atom is 0.346 e. The number of carbonyl (C=O) groups excluding carboxylic acids is 1. The smallest absolute Gasteiger partial charge is 0.346 e. The Morgan fingerprint density at radius 2 is 2.04 bits per heavy atom. The summed E-state index contributed by atoms with van der Waals surface area (Å²) in [5.74, 6) is -0.898. The van der Waals surface area contributed by atoms with Crippen LogP contribution in [0.5, 0.6) is 6.01 Å². The fourth-order valence-electron chi connectivity index (χ4n) is 8.56. The van der Waals surface area contributed by atoms with E-state index in [1.165, 1.54) is 24.5 Å². The molecule has 9 rings (SSSR count). The first kappa shape index (κ1) is 35.4. The Morgan fingerprint density at radius 1 is 1.20 bits per heavy atom. The molecule has 14 nitrogen and oxygen atoms in total. The lowest BCUT2D eigenvalue weighted by molar-refractivity contribution is -0.133. The second-order valence-corrected chi connectivity index (χ2v) is 15.9. The number of likely N-dealkylation sites (tertiary alicyclic amines) is 1. The summed E-state index contributed by atoms with van der Waals surface area (Å²) in [7, 11) is 0. The van der Waals surface area contributed by atoms with Crippen LogP contribution in [0.25, 0.3) is 32.1 Å². The van der Waals surface area contributed by atoms with E-state index < -0.39 is 35.0 Å². The predicted octanol–water partition coefficient (Wildman–Crippen LogP) is 5.07. The molecule has 1 spiro atoms. The third kappa shape index (κ3) is 5.78. The van der Waals surface area contributed by atoms with Crippen LogP contribution in [0.4, 0.5) is 28.8 Å². The second-order valence-electron chi connectivity index (χ2n) is 14.4. The van der Waals surface area contributed by atoms with Crippen LogP contribution in [0.2, 0.25) is 5.02 Å². The molecule has 0 radical (unpaired) electrons. The number of anilines is 2. The summed E-state index contributed by atoms with van der Waals surface area (Å²) in [4.78, 5) is 32.1. The van der Waals surface area contributed by atoms with Crippen molar-refractivity contribution < 1.29 is 27.4 Å². The van der Waals surface area contributed by atoms with E-state index in [-0.39, 0.29) is 98.8 Å². The third-order valence-corrected chi connectivity index (χ3v) is 12.3. The minimum atomic E-state index is -0.987. The van der Waals surface area contributed by atoms with Crippen molar-refractivity contribution in [2.75, 3.05) is 63.1 Å². The Morgan fingerprint density at radius 3 is 2.84 bits per heavy atom. The van der Waals surface area contributed by atoms with Gasteiger partial charge >= 0.3 is 12.0 Å². The molecule has 55 heavy (non-hydrogen) atoms. The van der Waals surface area contributed by atoms with Crippen LogP contribution in [0, 0.1) is 34.3 Å². The van der Waals surface area contributed by atoms with Crippen LogP contribution in [0.1, 0.15) is 30.7 Å². The minimum Gasteiger partial charge on any atom is -0.461 e. The molecule has 282 valence electrons. The molecule has 5 aromatic rings. The number of nitriles is 2. The number of morpholine rings is 1. The summed E-state index contributed by atoms with van der Waals surface area (Å²) in [5, 5.41) is 23.4. The molecule has 0 aliphatic carbocycles. The molecule has 4 fully saturated rings. The number of nitrogens with two attached hydrogens (primary N) is 1. The van der Waals surface area contributed by atoms with Crippen LogP contribution in [-0.4, -0.2) is 110 Å². The van der Waals surface area contributed by atoms with Crippen LogP contribution in [0.3, 0.4) is 0 Å². The van der Waals surface area contributed by atoms with E-state index >= 15 is 4.39 Å². The summed E-state index contributed by atoms with van der Waals surface area (Å²) in [5.41, 5.74) is 4.73. The number of nitrogens with zero attached hydrogens (tertiary/aromatic N) is 10. The average Bonchev–Trinajstić information content (AvgIpc) is 3.93. The van der Waals surface area contributed by atoms with Crippen molar-refractivity contribution in [3.8, 4) is 29.3 Å². The van der Waals surface area contributed by atoms with Crippen molar-refractivity contribution in [1.29, 1.82) is 10.5 Å². The normalized spacial score (nSPS) is 21.9. The number of thiophene rings is 1. The number of hydrogen-bond donors (Lipinski definition) is 1. The van der Waals surface area contributed by atoms with Gasteiger partial charge in [0, 0.05) is 35.8 Å². The predicted molar refractivity (Wildman–Crippen MR) is 196 cm³/mol. The van der Waals surface area contributed by atoms with Crippen LogP contribution in [0.15, 0.2) is 24.5 Å². The zero-order valence-electron chi connectivity index (χ0n) is 29.1. The van der Waals surface area contributed by atoms with Crippen LogP contribution < -0.4 is 15.4 Å². The van der Waals surface area contributed by atoms with Gasteiger partial charge in [-0.2, -0.15) is 25.2 Å².